The third-order valence-electron chi connectivity index (χ3n) is 3.67. The molecule has 3 nitrogen and oxygen atoms in total. The van der Waals surface area contributed by atoms with Gasteiger partial charge in [-0.05, 0) is 25.6 Å². The highest BCUT2D eigenvalue weighted by molar-refractivity contribution is 5.42. The van der Waals surface area contributed by atoms with Crippen molar-refractivity contribution in [1.29, 1.82) is 0 Å². The van der Waals surface area contributed by atoms with Gasteiger partial charge in [-0.3, -0.25) is 4.90 Å². The summed E-state index contributed by atoms with van der Waals surface area (Å²) in [5.74, 6) is 0.481. The predicted octanol–water partition coefficient (Wildman–Crippen LogP) is 2.19. The number of hydrogen-bond acceptors (Lipinski definition) is 2. The number of nitrogens with zero attached hydrogens (tertiary/aromatic N) is 2. The van der Waals surface area contributed by atoms with Crippen LogP contribution in [0.4, 0.5) is 0 Å². The number of likely N-dealkylation sites (N-methyl/N-ethyl adjacent to an activating group) is 1. The van der Waals surface area contributed by atoms with Gasteiger partial charge in [0.1, 0.15) is 0 Å². The number of hydrogen-bond donors (Lipinski definition) is 1. The first-order valence-corrected chi connectivity index (χ1v) is 5.77. The SMILES string of the molecule is C=Cn1c(CO)cc2c1[C@@H](C)CN(C)[C@H]2C. The Bertz CT molecular complexity index is 408. The number of rotatable bonds is 2. The molecule has 0 saturated heterocycles. The maximum Gasteiger partial charge on any atom is 0.0836 e. The molecule has 1 aromatic heterocycles. The van der Waals surface area contributed by atoms with Gasteiger partial charge in [-0.15, -0.1) is 0 Å². The van der Waals surface area contributed by atoms with Crippen LogP contribution in [0.3, 0.4) is 0 Å². The second-order valence-corrected chi connectivity index (χ2v) is 4.70. The Labute approximate surface area is 97.0 Å². The second-order valence-electron chi connectivity index (χ2n) is 4.70. The lowest BCUT2D eigenvalue weighted by Crippen LogP contribution is -2.32. The van der Waals surface area contributed by atoms with E-state index >= 15 is 0 Å². The molecule has 0 aliphatic carbocycles. The molecule has 2 rings (SSSR count). The molecule has 1 aliphatic rings. The molecule has 0 amide bonds. The van der Waals surface area contributed by atoms with Crippen molar-refractivity contribution in [3.8, 4) is 0 Å². The largest absolute Gasteiger partial charge is 0.390 e. The quantitative estimate of drug-likeness (QED) is 0.827. The predicted molar refractivity (Wildman–Crippen MR) is 66.2 cm³/mol. The van der Waals surface area contributed by atoms with Crippen LogP contribution in [0, 0.1) is 0 Å². The van der Waals surface area contributed by atoms with Gasteiger partial charge in [-0.1, -0.05) is 13.5 Å². The summed E-state index contributed by atoms with van der Waals surface area (Å²) >= 11 is 0. The minimum absolute atomic E-state index is 0.0716. The molecule has 1 aromatic rings. The van der Waals surface area contributed by atoms with Crippen LogP contribution >= 0.6 is 0 Å². The van der Waals surface area contributed by atoms with Crippen LogP contribution < -0.4 is 0 Å². The summed E-state index contributed by atoms with van der Waals surface area (Å²) in [4.78, 5) is 2.35. The Morgan fingerprint density at radius 1 is 1.56 bits per heavy atom. The molecule has 0 saturated carbocycles. The third kappa shape index (κ3) is 1.51. The first kappa shape index (κ1) is 11.4. The first-order chi connectivity index (χ1) is 7.60. The van der Waals surface area contributed by atoms with Crippen molar-refractivity contribution in [2.24, 2.45) is 0 Å². The Morgan fingerprint density at radius 3 is 2.81 bits per heavy atom. The highest BCUT2D eigenvalue weighted by Crippen LogP contribution is 2.37. The van der Waals surface area contributed by atoms with Crippen LogP contribution in [-0.4, -0.2) is 28.2 Å². The van der Waals surface area contributed by atoms with Crippen LogP contribution in [0.1, 0.15) is 42.8 Å². The average molecular weight is 220 g/mol. The Kier molecular flexibility index (Phi) is 2.91. The van der Waals surface area contributed by atoms with Gasteiger partial charge in [0.2, 0.25) is 0 Å². The van der Waals surface area contributed by atoms with E-state index in [9.17, 15) is 5.11 Å². The normalized spacial score (nSPS) is 25.5. The molecule has 88 valence electrons. The van der Waals surface area contributed by atoms with Gasteiger partial charge in [0.05, 0.1) is 6.61 Å². The zero-order valence-electron chi connectivity index (χ0n) is 10.3. The van der Waals surface area contributed by atoms with E-state index in [1.54, 1.807) is 6.20 Å². The van der Waals surface area contributed by atoms with E-state index in [0.29, 0.717) is 12.0 Å². The summed E-state index contributed by atoms with van der Waals surface area (Å²) < 4.78 is 2.05. The van der Waals surface area contributed by atoms with Crippen LogP contribution in [0.25, 0.3) is 6.20 Å². The molecule has 0 fully saturated rings. The van der Waals surface area contributed by atoms with E-state index < -0.39 is 0 Å². The van der Waals surface area contributed by atoms with E-state index in [1.165, 1.54) is 11.3 Å². The lowest BCUT2D eigenvalue weighted by molar-refractivity contribution is 0.226. The molecule has 2 heterocycles. The zero-order chi connectivity index (χ0) is 11.9. The molecule has 0 spiro atoms. The van der Waals surface area contributed by atoms with Crippen molar-refractivity contribution in [2.45, 2.75) is 32.4 Å². The Hall–Kier alpha value is -1.06. The summed E-state index contributed by atoms with van der Waals surface area (Å²) in [7, 11) is 2.15. The summed E-state index contributed by atoms with van der Waals surface area (Å²) in [6.45, 7) is 9.39. The molecule has 3 heteroatoms. The maximum absolute atomic E-state index is 9.35. The van der Waals surface area contributed by atoms with Gasteiger partial charge in [0.25, 0.3) is 0 Å². The van der Waals surface area contributed by atoms with Crippen molar-refractivity contribution >= 4 is 6.20 Å². The lowest BCUT2D eigenvalue weighted by Gasteiger charge is -2.34. The number of fused-ring (bicyclic) bond motifs is 1. The number of aromatic nitrogens is 1. The molecular weight excluding hydrogens is 200 g/mol. The molecular formula is C13H20N2O. The highest BCUT2D eigenvalue weighted by Gasteiger charge is 2.29. The molecule has 2 atom stereocenters. The molecule has 0 aromatic carbocycles. The maximum atomic E-state index is 9.35. The Balaban J connectivity index is 2.59. The second kappa shape index (κ2) is 4.07. The summed E-state index contributed by atoms with van der Waals surface area (Å²) in [6.07, 6.45) is 1.80. The minimum atomic E-state index is 0.0716. The van der Waals surface area contributed by atoms with Crippen LogP contribution in [0.5, 0.6) is 0 Å². The van der Waals surface area contributed by atoms with Gasteiger partial charge in [0.15, 0.2) is 0 Å². The van der Waals surface area contributed by atoms with E-state index in [0.717, 1.165) is 12.2 Å². The summed E-state index contributed by atoms with van der Waals surface area (Å²) in [5, 5.41) is 9.35. The van der Waals surface area contributed by atoms with E-state index in [1.807, 2.05) is 4.57 Å². The van der Waals surface area contributed by atoms with Crippen molar-refractivity contribution in [3.63, 3.8) is 0 Å². The zero-order valence-corrected chi connectivity index (χ0v) is 10.3. The molecule has 1 N–H and O–H groups in total. The fourth-order valence-electron chi connectivity index (χ4n) is 2.72. The van der Waals surface area contributed by atoms with Crippen LogP contribution in [-0.2, 0) is 6.61 Å². The number of aliphatic hydroxyl groups excluding tert-OH is 1. The van der Waals surface area contributed by atoms with Crippen molar-refractivity contribution in [2.75, 3.05) is 13.6 Å². The minimum Gasteiger partial charge on any atom is -0.390 e. The lowest BCUT2D eigenvalue weighted by atomic mass is 9.93. The summed E-state index contributed by atoms with van der Waals surface area (Å²) in [6, 6.07) is 2.52. The highest BCUT2D eigenvalue weighted by atomic mass is 16.3. The van der Waals surface area contributed by atoms with Gasteiger partial charge in [-0.2, -0.15) is 0 Å². The smallest absolute Gasteiger partial charge is 0.0836 e. The fourth-order valence-corrected chi connectivity index (χ4v) is 2.72. The molecule has 0 bridgehead atoms. The van der Waals surface area contributed by atoms with Gasteiger partial charge >= 0.3 is 0 Å². The first-order valence-electron chi connectivity index (χ1n) is 5.77. The fraction of sp³-hybridized carbons (Fsp3) is 0.538. The van der Waals surface area contributed by atoms with Crippen LogP contribution in [0.2, 0.25) is 0 Å². The van der Waals surface area contributed by atoms with Crippen molar-refractivity contribution in [1.82, 2.24) is 9.47 Å². The third-order valence-corrected chi connectivity index (χ3v) is 3.67. The monoisotopic (exact) mass is 220 g/mol. The van der Waals surface area contributed by atoms with Crippen molar-refractivity contribution < 1.29 is 5.11 Å². The molecule has 1 aliphatic heterocycles. The topological polar surface area (TPSA) is 28.4 Å². The van der Waals surface area contributed by atoms with Crippen molar-refractivity contribution in [3.05, 3.63) is 29.6 Å². The van der Waals surface area contributed by atoms with Crippen LogP contribution in [0.15, 0.2) is 12.6 Å². The summed E-state index contributed by atoms with van der Waals surface area (Å²) in [5.41, 5.74) is 3.57. The van der Waals surface area contributed by atoms with E-state index in [4.69, 9.17) is 0 Å². The molecule has 0 radical (unpaired) electrons. The van der Waals surface area contributed by atoms with E-state index in [-0.39, 0.29) is 6.61 Å². The van der Waals surface area contributed by atoms with Gasteiger partial charge in [0, 0.05) is 36.1 Å². The molecule has 0 unspecified atom stereocenters. The average Bonchev–Trinajstić information content (AvgIpc) is 2.64. The van der Waals surface area contributed by atoms with E-state index in [2.05, 4.69) is 38.4 Å². The Morgan fingerprint density at radius 2 is 2.25 bits per heavy atom. The van der Waals surface area contributed by atoms with Gasteiger partial charge < -0.3 is 9.67 Å². The van der Waals surface area contributed by atoms with Gasteiger partial charge in [-0.25, -0.2) is 0 Å². The molecule has 16 heavy (non-hydrogen) atoms. The standard InChI is InChI=1S/C13H20N2O/c1-5-15-11(8-16)6-12-10(3)14(4)7-9(2)13(12)15/h5-6,9-10,16H,1,7-8H2,2-4H3/t9-,10-/m0/s1. The number of aliphatic hydroxyl groups is 1.